The number of fused-ring (bicyclic) bond motifs is 1. The summed E-state index contributed by atoms with van der Waals surface area (Å²) in [5.41, 5.74) is 1.33. The summed E-state index contributed by atoms with van der Waals surface area (Å²) in [4.78, 5) is 22.9. The summed E-state index contributed by atoms with van der Waals surface area (Å²) in [6.45, 7) is 10.0. The molecular weight excluding hydrogens is 352 g/mol. The normalized spacial score (nSPS) is 32.4. The van der Waals surface area contributed by atoms with Crippen molar-refractivity contribution in [3.8, 4) is 0 Å². The summed E-state index contributed by atoms with van der Waals surface area (Å²) in [6.07, 6.45) is 1.92. The molecular formula is C22H34N4O2. The molecule has 1 aromatic rings. The zero-order valence-electron chi connectivity index (χ0n) is 17.0. The van der Waals surface area contributed by atoms with E-state index in [2.05, 4.69) is 56.9 Å². The highest BCUT2D eigenvalue weighted by Gasteiger charge is 2.45. The van der Waals surface area contributed by atoms with E-state index in [0.29, 0.717) is 12.5 Å². The number of aliphatic hydroxyl groups excluding tert-OH is 1. The number of piperazine rings is 1. The molecule has 1 unspecified atom stereocenters. The number of amides is 1. The number of benzene rings is 1. The van der Waals surface area contributed by atoms with Gasteiger partial charge in [0.1, 0.15) is 6.17 Å². The number of aliphatic hydroxyl groups is 1. The van der Waals surface area contributed by atoms with Crippen LogP contribution in [0, 0.1) is 5.92 Å². The van der Waals surface area contributed by atoms with Crippen molar-refractivity contribution in [3.63, 3.8) is 0 Å². The molecule has 154 valence electrons. The van der Waals surface area contributed by atoms with Gasteiger partial charge in [-0.3, -0.25) is 19.5 Å². The Bertz CT molecular complexity index is 655. The lowest BCUT2D eigenvalue weighted by Gasteiger charge is -2.55. The fraction of sp³-hybridized carbons (Fsp3) is 0.682. The Morgan fingerprint density at radius 1 is 1.00 bits per heavy atom. The average molecular weight is 387 g/mol. The molecule has 1 amide bonds. The average Bonchev–Trinajstić information content (AvgIpc) is 2.70. The van der Waals surface area contributed by atoms with Crippen molar-refractivity contribution in [2.45, 2.75) is 38.5 Å². The fourth-order valence-corrected chi connectivity index (χ4v) is 5.26. The minimum absolute atomic E-state index is 0.0643. The lowest BCUT2D eigenvalue weighted by molar-refractivity contribution is -0.164. The van der Waals surface area contributed by atoms with Crippen molar-refractivity contribution in [3.05, 3.63) is 35.9 Å². The van der Waals surface area contributed by atoms with E-state index in [1.807, 2.05) is 0 Å². The van der Waals surface area contributed by atoms with Gasteiger partial charge in [-0.2, -0.15) is 0 Å². The van der Waals surface area contributed by atoms with Crippen LogP contribution >= 0.6 is 0 Å². The van der Waals surface area contributed by atoms with Crippen LogP contribution in [0.3, 0.4) is 0 Å². The highest BCUT2D eigenvalue weighted by atomic mass is 16.3. The van der Waals surface area contributed by atoms with Crippen molar-refractivity contribution in [2.75, 3.05) is 52.4 Å². The number of rotatable bonds is 4. The fourth-order valence-electron chi connectivity index (χ4n) is 5.26. The van der Waals surface area contributed by atoms with E-state index < -0.39 is 0 Å². The van der Waals surface area contributed by atoms with Gasteiger partial charge in [-0.15, -0.1) is 0 Å². The smallest absolute Gasteiger partial charge is 0.228 e. The number of nitrogens with zero attached hydrogens (tertiary/aromatic N) is 4. The maximum Gasteiger partial charge on any atom is 0.228 e. The lowest BCUT2D eigenvalue weighted by Crippen LogP contribution is -2.71. The highest BCUT2D eigenvalue weighted by molar-refractivity contribution is 5.80. The molecule has 0 radical (unpaired) electrons. The molecule has 4 rings (SSSR count). The van der Waals surface area contributed by atoms with E-state index in [1.165, 1.54) is 12.0 Å². The van der Waals surface area contributed by atoms with Crippen LogP contribution in [0.5, 0.6) is 0 Å². The van der Waals surface area contributed by atoms with Crippen LogP contribution in [0.1, 0.15) is 25.3 Å². The third-order valence-corrected chi connectivity index (χ3v) is 6.77. The number of hydrogen-bond donors (Lipinski definition) is 1. The van der Waals surface area contributed by atoms with Gasteiger partial charge in [-0.1, -0.05) is 30.3 Å². The molecule has 0 aromatic heterocycles. The van der Waals surface area contributed by atoms with Gasteiger partial charge in [0.2, 0.25) is 5.91 Å². The second kappa shape index (κ2) is 8.91. The zero-order valence-corrected chi connectivity index (χ0v) is 17.0. The highest BCUT2D eigenvalue weighted by Crippen LogP contribution is 2.29. The largest absolute Gasteiger partial charge is 0.396 e. The molecule has 0 spiro atoms. The molecule has 4 atom stereocenters. The molecule has 0 saturated carbocycles. The molecule has 3 fully saturated rings. The first kappa shape index (κ1) is 19.8. The molecule has 3 saturated heterocycles. The molecule has 1 aromatic carbocycles. The lowest BCUT2D eigenvalue weighted by atomic mass is 9.94. The van der Waals surface area contributed by atoms with Crippen LogP contribution in [-0.4, -0.2) is 95.2 Å². The Kier molecular flexibility index (Phi) is 6.31. The van der Waals surface area contributed by atoms with Gasteiger partial charge in [0, 0.05) is 51.9 Å². The van der Waals surface area contributed by atoms with E-state index in [0.717, 1.165) is 52.4 Å². The first-order chi connectivity index (χ1) is 13.7. The molecule has 6 nitrogen and oxygen atoms in total. The van der Waals surface area contributed by atoms with Crippen molar-refractivity contribution in [2.24, 2.45) is 5.92 Å². The van der Waals surface area contributed by atoms with Gasteiger partial charge < -0.3 is 10.0 Å². The molecule has 0 aliphatic carbocycles. The molecule has 6 heteroatoms. The van der Waals surface area contributed by atoms with Crippen molar-refractivity contribution < 1.29 is 9.90 Å². The minimum atomic E-state index is -0.0643. The third-order valence-electron chi connectivity index (χ3n) is 6.77. The van der Waals surface area contributed by atoms with E-state index in [4.69, 9.17) is 0 Å². The van der Waals surface area contributed by atoms with Crippen molar-refractivity contribution in [1.82, 2.24) is 19.6 Å². The topological polar surface area (TPSA) is 50.3 Å². The molecule has 1 N–H and O–H groups in total. The maximum atomic E-state index is 13.3. The number of carbonyl (C=O) groups excluding carboxylic acids is 1. The molecule has 3 heterocycles. The van der Waals surface area contributed by atoms with Crippen LogP contribution in [0.2, 0.25) is 0 Å². The summed E-state index contributed by atoms with van der Waals surface area (Å²) >= 11 is 0. The Hall–Kier alpha value is -1.47. The van der Waals surface area contributed by atoms with Gasteiger partial charge in [0.15, 0.2) is 0 Å². The van der Waals surface area contributed by atoms with E-state index in [1.54, 1.807) is 0 Å². The second-order valence-electron chi connectivity index (χ2n) is 8.54. The number of carbonyl (C=O) groups is 1. The molecule has 28 heavy (non-hydrogen) atoms. The van der Waals surface area contributed by atoms with Crippen LogP contribution < -0.4 is 0 Å². The Labute approximate surface area is 168 Å². The first-order valence-corrected chi connectivity index (χ1v) is 10.8. The Balaban J connectivity index is 1.54. The van der Waals surface area contributed by atoms with Gasteiger partial charge >= 0.3 is 0 Å². The molecule has 3 aliphatic heterocycles. The van der Waals surface area contributed by atoms with Crippen LogP contribution in [0.25, 0.3) is 0 Å². The standard InChI is InChI=1S/C22H34N4O2/c1-18-21-25-13-12-24(18)10-5-9-23(16-19-6-3-2-4-7-19)11-14-26(21)22(28)20(17-25)8-15-27/h2-4,6-7,18,20-21,27H,5,8-17H2,1H3/t18-,20+,21+/m0/s1. The maximum absolute atomic E-state index is 13.3. The van der Waals surface area contributed by atoms with Gasteiger partial charge in [0.05, 0.1) is 5.92 Å². The summed E-state index contributed by atoms with van der Waals surface area (Å²) in [6, 6.07) is 11.0. The Morgan fingerprint density at radius 2 is 1.79 bits per heavy atom. The van der Waals surface area contributed by atoms with Gasteiger partial charge in [-0.25, -0.2) is 0 Å². The summed E-state index contributed by atoms with van der Waals surface area (Å²) < 4.78 is 0. The zero-order chi connectivity index (χ0) is 19.5. The predicted molar refractivity (Wildman–Crippen MR) is 110 cm³/mol. The first-order valence-electron chi connectivity index (χ1n) is 10.8. The monoisotopic (exact) mass is 386 g/mol. The molecule has 3 aliphatic rings. The molecule has 2 bridgehead atoms. The van der Waals surface area contributed by atoms with E-state index >= 15 is 0 Å². The Morgan fingerprint density at radius 3 is 2.57 bits per heavy atom. The van der Waals surface area contributed by atoms with Gasteiger partial charge in [-0.05, 0) is 38.4 Å². The summed E-state index contributed by atoms with van der Waals surface area (Å²) in [5, 5.41) is 9.44. The quantitative estimate of drug-likeness (QED) is 0.839. The van der Waals surface area contributed by atoms with Crippen LogP contribution in [0.15, 0.2) is 30.3 Å². The van der Waals surface area contributed by atoms with Gasteiger partial charge in [0.25, 0.3) is 0 Å². The van der Waals surface area contributed by atoms with Crippen LogP contribution in [0.4, 0.5) is 0 Å². The van der Waals surface area contributed by atoms with Crippen molar-refractivity contribution >= 4 is 5.91 Å². The second-order valence-corrected chi connectivity index (χ2v) is 8.54. The van der Waals surface area contributed by atoms with E-state index in [9.17, 15) is 9.90 Å². The minimum Gasteiger partial charge on any atom is -0.396 e. The van der Waals surface area contributed by atoms with Crippen LogP contribution in [-0.2, 0) is 11.3 Å². The SMILES string of the molecule is C[C@H]1[C@@H]2N3CCN1CCCN(Cc1ccccc1)CCN2C(=O)[C@H](CCO)C3. The summed E-state index contributed by atoms with van der Waals surface area (Å²) in [5.74, 6) is 0.176. The third kappa shape index (κ3) is 4.10. The number of hydrogen-bond acceptors (Lipinski definition) is 5. The van der Waals surface area contributed by atoms with E-state index in [-0.39, 0.29) is 24.6 Å². The summed E-state index contributed by atoms with van der Waals surface area (Å²) in [7, 11) is 0. The predicted octanol–water partition coefficient (Wildman–Crippen LogP) is 1.07. The van der Waals surface area contributed by atoms with Crippen molar-refractivity contribution in [1.29, 1.82) is 0 Å².